The highest BCUT2D eigenvalue weighted by atomic mass is 16.5. The quantitative estimate of drug-likeness (QED) is 0.536. The minimum absolute atomic E-state index is 0.00774. The Morgan fingerprint density at radius 1 is 1.20 bits per heavy atom. The van der Waals surface area contributed by atoms with Gasteiger partial charge in [-0.2, -0.15) is 4.98 Å². The summed E-state index contributed by atoms with van der Waals surface area (Å²) in [6.45, 7) is 1.77. The molecule has 150 valence electrons. The van der Waals surface area contributed by atoms with Crippen molar-refractivity contribution in [2.75, 3.05) is 12.4 Å². The van der Waals surface area contributed by atoms with Gasteiger partial charge in [-0.15, -0.1) is 0 Å². The Kier molecular flexibility index (Phi) is 4.43. The lowest BCUT2D eigenvalue weighted by Gasteiger charge is -2.13. The number of aromatic nitrogens is 3. The Bertz CT molecular complexity index is 1250. The van der Waals surface area contributed by atoms with Crippen LogP contribution in [0.5, 0.6) is 5.75 Å². The van der Waals surface area contributed by atoms with Crippen molar-refractivity contribution in [2.45, 2.75) is 19.3 Å². The van der Waals surface area contributed by atoms with Crippen molar-refractivity contribution in [1.82, 2.24) is 15.1 Å². The first-order chi connectivity index (χ1) is 14.6. The number of nitrogens with one attached hydrogen (secondary N) is 1. The lowest BCUT2D eigenvalue weighted by molar-refractivity contribution is -0.117. The van der Waals surface area contributed by atoms with Gasteiger partial charge < -0.3 is 14.6 Å². The highest BCUT2D eigenvalue weighted by Crippen LogP contribution is 2.47. The smallest absolute Gasteiger partial charge is 0.230 e. The van der Waals surface area contributed by atoms with Gasteiger partial charge in [0.15, 0.2) is 5.82 Å². The normalized spacial score (nSPS) is 17.7. The van der Waals surface area contributed by atoms with Crippen molar-refractivity contribution in [3.63, 3.8) is 0 Å². The first-order valence-corrected chi connectivity index (χ1v) is 9.76. The number of amides is 1. The van der Waals surface area contributed by atoms with Crippen LogP contribution >= 0.6 is 0 Å². The third-order valence-electron chi connectivity index (χ3n) is 5.44. The largest absolute Gasteiger partial charge is 0.497 e. The van der Waals surface area contributed by atoms with Crippen LogP contribution in [0.2, 0.25) is 0 Å². The van der Waals surface area contributed by atoms with Crippen molar-refractivity contribution in [1.29, 1.82) is 0 Å². The molecule has 1 saturated carbocycles. The lowest BCUT2D eigenvalue weighted by Crippen LogP contribution is -2.15. The lowest BCUT2D eigenvalue weighted by atomic mass is 9.98. The average molecular weight is 400 g/mol. The van der Waals surface area contributed by atoms with Gasteiger partial charge in [0.1, 0.15) is 5.75 Å². The van der Waals surface area contributed by atoms with Crippen LogP contribution in [-0.2, 0) is 4.79 Å². The minimum Gasteiger partial charge on any atom is -0.497 e. The number of carbonyl (C=O) groups excluding carboxylic acids is 1. The first kappa shape index (κ1) is 18.3. The molecule has 7 nitrogen and oxygen atoms in total. The Hall–Kier alpha value is -3.74. The second-order valence-corrected chi connectivity index (χ2v) is 7.43. The molecule has 2 aromatic heterocycles. The zero-order valence-electron chi connectivity index (χ0n) is 16.6. The summed E-state index contributed by atoms with van der Waals surface area (Å²) in [6.07, 6.45) is 4.25. The van der Waals surface area contributed by atoms with Gasteiger partial charge in [0, 0.05) is 17.8 Å². The number of hydrogen-bond acceptors (Lipinski definition) is 6. The number of ether oxygens (including phenoxy) is 1. The van der Waals surface area contributed by atoms with Crippen LogP contribution in [-0.4, -0.2) is 28.1 Å². The minimum atomic E-state index is -0.158. The number of benzene rings is 2. The number of rotatable bonds is 5. The van der Waals surface area contributed by atoms with Gasteiger partial charge in [0.25, 0.3) is 0 Å². The van der Waals surface area contributed by atoms with Crippen LogP contribution in [0.25, 0.3) is 21.9 Å². The predicted molar refractivity (Wildman–Crippen MR) is 112 cm³/mol. The molecular weight excluding hydrogens is 380 g/mol. The van der Waals surface area contributed by atoms with Crippen molar-refractivity contribution in [3.8, 4) is 16.9 Å². The fourth-order valence-corrected chi connectivity index (χ4v) is 3.79. The molecule has 1 aliphatic rings. The third-order valence-corrected chi connectivity index (χ3v) is 5.44. The van der Waals surface area contributed by atoms with Gasteiger partial charge in [0.05, 0.1) is 24.6 Å². The summed E-state index contributed by atoms with van der Waals surface area (Å²) < 4.78 is 10.6. The van der Waals surface area contributed by atoms with E-state index in [1.165, 1.54) is 0 Å². The summed E-state index contributed by atoms with van der Waals surface area (Å²) in [4.78, 5) is 21.3. The maximum absolute atomic E-state index is 12.8. The molecule has 0 aliphatic heterocycles. The summed E-state index contributed by atoms with van der Waals surface area (Å²) in [6, 6.07) is 13.8. The average Bonchev–Trinajstić information content (AvgIpc) is 3.47. The zero-order valence-corrected chi connectivity index (χ0v) is 16.6. The Morgan fingerprint density at radius 3 is 2.90 bits per heavy atom. The highest BCUT2D eigenvalue weighted by Gasteiger charge is 2.47. The van der Waals surface area contributed by atoms with Crippen molar-refractivity contribution in [2.24, 2.45) is 5.92 Å². The topological polar surface area (TPSA) is 90.1 Å². The van der Waals surface area contributed by atoms with Gasteiger partial charge in [-0.1, -0.05) is 23.4 Å². The summed E-state index contributed by atoms with van der Waals surface area (Å²) in [7, 11) is 1.65. The first-order valence-electron chi connectivity index (χ1n) is 9.76. The van der Waals surface area contributed by atoms with E-state index in [1.54, 1.807) is 26.4 Å². The van der Waals surface area contributed by atoms with E-state index in [1.807, 2.05) is 42.5 Å². The van der Waals surface area contributed by atoms with E-state index in [0.29, 0.717) is 18.1 Å². The van der Waals surface area contributed by atoms with Gasteiger partial charge in [0.2, 0.25) is 11.8 Å². The Balaban J connectivity index is 1.44. The van der Waals surface area contributed by atoms with Gasteiger partial charge in [-0.05, 0) is 54.1 Å². The predicted octanol–water partition coefficient (Wildman–Crippen LogP) is 4.34. The molecule has 2 aromatic carbocycles. The molecule has 1 N–H and O–H groups in total. The second kappa shape index (κ2) is 7.26. The fraction of sp³-hybridized carbons (Fsp3) is 0.217. The molecule has 1 amide bonds. The molecule has 4 aromatic rings. The van der Waals surface area contributed by atoms with E-state index in [-0.39, 0.29) is 17.7 Å². The fourth-order valence-electron chi connectivity index (χ4n) is 3.79. The van der Waals surface area contributed by atoms with E-state index >= 15 is 0 Å². The summed E-state index contributed by atoms with van der Waals surface area (Å²) >= 11 is 0. The molecule has 0 unspecified atom stereocenters. The van der Waals surface area contributed by atoms with Crippen LogP contribution in [0, 0.1) is 12.8 Å². The van der Waals surface area contributed by atoms with Crippen LogP contribution in [0.3, 0.4) is 0 Å². The molecule has 7 heteroatoms. The Morgan fingerprint density at radius 2 is 2.10 bits per heavy atom. The van der Waals surface area contributed by atoms with E-state index < -0.39 is 0 Å². The van der Waals surface area contributed by atoms with Crippen molar-refractivity contribution in [3.05, 3.63) is 66.6 Å². The number of pyridine rings is 1. The molecular formula is C23H20N4O3. The molecule has 30 heavy (non-hydrogen) atoms. The number of hydrogen-bond donors (Lipinski definition) is 1. The maximum Gasteiger partial charge on any atom is 0.230 e. The number of carbonyl (C=O) groups is 1. The SMILES string of the molecule is COc1cccc(-c2ccc(NC(=O)[C@@H]3C[C@H]3c3nc(C)no3)c3cnccc23)c1. The molecule has 5 rings (SSSR count). The standard InChI is InChI=1S/C23H20N4O3/c1-13-25-23(30-27-13)19-11-18(19)22(28)26-21-7-6-16(17-8-9-24-12-20(17)21)14-4-3-5-15(10-14)29-2/h3-10,12,18-19H,11H2,1-2H3,(H,26,28)/t18-,19-/m1/s1. The van der Waals surface area contributed by atoms with Gasteiger partial charge in [-0.25, -0.2) is 0 Å². The molecule has 0 spiro atoms. The number of aryl methyl sites for hydroxylation is 1. The van der Waals surface area contributed by atoms with E-state index in [9.17, 15) is 4.79 Å². The molecule has 1 aliphatic carbocycles. The third kappa shape index (κ3) is 3.28. The summed E-state index contributed by atoms with van der Waals surface area (Å²) in [5, 5.41) is 8.77. The Labute approximate surface area is 173 Å². The number of methoxy groups -OCH3 is 1. The highest BCUT2D eigenvalue weighted by molar-refractivity contribution is 6.08. The summed E-state index contributed by atoms with van der Waals surface area (Å²) in [5.41, 5.74) is 2.83. The number of anilines is 1. The molecule has 0 saturated heterocycles. The number of fused-ring (bicyclic) bond motifs is 1. The van der Waals surface area contributed by atoms with E-state index in [2.05, 4.69) is 20.4 Å². The zero-order chi connectivity index (χ0) is 20.7. The maximum atomic E-state index is 12.8. The molecule has 2 atom stereocenters. The summed E-state index contributed by atoms with van der Waals surface area (Å²) in [5.74, 6) is 1.70. The van der Waals surface area contributed by atoms with Gasteiger partial charge >= 0.3 is 0 Å². The van der Waals surface area contributed by atoms with Crippen LogP contribution in [0.4, 0.5) is 5.69 Å². The molecule has 0 bridgehead atoms. The van der Waals surface area contributed by atoms with Crippen LogP contribution < -0.4 is 10.1 Å². The molecule has 2 heterocycles. The monoisotopic (exact) mass is 400 g/mol. The molecule has 1 fully saturated rings. The van der Waals surface area contributed by atoms with E-state index in [0.717, 1.165) is 33.3 Å². The second-order valence-electron chi connectivity index (χ2n) is 7.43. The van der Waals surface area contributed by atoms with E-state index in [4.69, 9.17) is 9.26 Å². The van der Waals surface area contributed by atoms with Crippen molar-refractivity contribution < 1.29 is 14.1 Å². The molecule has 0 radical (unpaired) electrons. The van der Waals surface area contributed by atoms with Crippen LogP contribution in [0.1, 0.15) is 24.1 Å². The van der Waals surface area contributed by atoms with Gasteiger partial charge in [-0.3, -0.25) is 9.78 Å². The van der Waals surface area contributed by atoms with Crippen LogP contribution in [0.15, 0.2) is 59.4 Å². The van der Waals surface area contributed by atoms with Crippen molar-refractivity contribution >= 4 is 22.4 Å². The number of nitrogens with zero attached hydrogens (tertiary/aromatic N) is 3.